The second kappa shape index (κ2) is 6.38. The summed E-state index contributed by atoms with van der Waals surface area (Å²) in [6.45, 7) is 4.41. The molecule has 0 spiro atoms. The highest BCUT2D eigenvalue weighted by molar-refractivity contribution is 7.89. The summed E-state index contributed by atoms with van der Waals surface area (Å²) >= 11 is 0. The number of ether oxygens (including phenoxy) is 1. The molecule has 1 fully saturated rings. The van der Waals surface area contributed by atoms with Gasteiger partial charge in [-0.05, 0) is 18.1 Å². The number of aromatic nitrogens is 2. The molecule has 1 atom stereocenters. The fourth-order valence-electron chi connectivity index (χ4n) is 2.69. The number of rotatable bonds is 4. The Labute approximate surface area is 135 Å². The molecule has 2 heterocycles. The molecule has 2 aromatic rings. The van der Waals surface area contributed by atoms with Crippen LogP contribution in [0.5, 0.6) is 0 Å². The van der Waals surface area contributed by atoms with Gasteiger partial charge < -0.3 is 9.15 Å². The third-order valence-electron chi connectivity index (χ3n) is 3.85. The Bertz CT molecular complexity index is 788. The van der Waals surface area contributed by atoms with Gasteiger partial charge >= 0.3 is 0 Å². The maximum absolute atomic E-state index is 13.1. The molecule has 8 heteroatoms. The number of hydrogen-bond donors (Lipinski definition) is 0. The maximum Gasteiger partial charge on any atom is 0.244 e. The lowest BCUT2D eigenvalue weighted by Gasteiger charge is -2.32. The van der Waals surface area contributed by atoms with E-state index in [1.165, 1.54) is 4.31 Å². The highest BCUT2D eigenvalue weighted by Gasteiger charge is 2.38. The number of morpholine rings is 1. The van der Waals surface area contributed by atoms with Gasteiger partial charge in [0.15, 0.2) is 0 Å². The first-order chi connectivity index (χ1) is 11.0. The van der Waals surface area contributed by atoms with E-state index in [1.54, 1.807) is 19.1 Å². The van der Waals surface area contributed by atoms with Crippen molar-refractivity contribution in [3.8, 4) is 0 Å². The summed E-state index contributed by atoms with van der Waals surface area (Å²) in [6, 6.07) is 6.45. The Hall–Kier alpha value is -1.77. The zero-order valence-electron chi connectivity index (χ0n) is 13.1. The van der Waals surface area contributed by atoms with Crippen molar-refractivity contribution in [3.05, 3.63) is 41.6 Å². The summed E-state index contributed by atoms with van der Waals surface area (Å²) in [7, 11) is -3.67. The summed E-state index contributed by atoms with van der Waals surface area (Å²) < 4.78 is 38.5. The highest BCUT2D eigenvalue weighted by Crippen LogP contribution is 2.31. The second-order valence-electron chi connectivity index (χ2n) is 5.33. The van der Waals surface area contributed by atoms with Gasteiger partial charge in [0, 0.05) is 13.5 Å². The normalized spacial score (nSPS) is 19.8. The largest absolute Gasteiger partial charge is 0.424 e. The van der Waals surface area contributed by atoms with Crippen LogP contribution in [0, 0.1) is 6.92 Å². The van der Waals surface area contributed by atoms with Crippen LogP contribution in [0.25, 0.3) is 0 Å². The average molecular weight is 337 g/mol. The van der Waals surface area contributed by atoms with Crippen LogP contribution in [-0.2, 0) is 21.2 Å². The average Bonchev–Trinajstić information content (AvgIpc) is 3.01. The summed E-state index contributed by atoms with van der Waals surface area (Å²) in [5.74, 6) is 0.664. The molecule has 0 bridgehead atoms. The van der Waals surface area contributed by atoms with Gasteiger partial charge in [-0.1, -0.05) is 25.1 Å². The Kier molecular flexibility index (Phi) is 4.47. The number of nitrogens with zero attached hydrogens (tertiary/aromatic N) is 3. The molecule has 0 saturated carbocycles. The lowest BCUT2D eigenvalue weighted by molar-refractivity contribution is 0.0221. The van der Waals surface area contributed by atoms with Gasteiger partial charge in [-0.15, -0.1) is 10.2 Å². The molecule has 23 heavy (non-hydrogen) atoms. The molecule has 1 aromatic heterocycles. The monoisotopic (exact) mass is 337 g/mol. The summed E-state index contributed by atoms with van der Waals surface area (Å²) in [6.07, 6.45) is 0.643. The van der Waals surface area contributed by atoms with Gasteiger partial charge in [0.25, 0.3) is 0 Å². The zero-order chi connectivity index (χ0) is 16.4. The minimum atomic E-state index is -3.67. The molecule has 1 aliphatic rings. The quantitative estimate of drug-likeness (QED) is 0.844. The summed E-state index contributed by atoms with van der Waals surface area (Å²) in [4.78, 5) is 0.325. The van der Waals surface area contributed by atoms with E-state index in [0.717, 1.165) is 5.56 Å². The van der Waals surface area contributed by atoms with E-state index < -0.39 is 16.1 Å². The van der Waals surface area contributed by atoms with Crippen LogP contribution in [0.2, 0.25) is 0 Å². The van der Waals surface area contributed by atoms with Crippen LogP contribution < -0.4 is 0 Å². The Morgan fingerprint density at radius 2 is 2.09 bits per heavy atom. The summed E-state index contributed by atoms with van der Waals surface area (Å²) in [5.41, 5.74) is 0.791. The topological polar surface area (TPSA) is 85.5 Å². The fraction of sp³-hybridized carbons (Fsp3) is 0.467. The maximum atomic E-state index is 13.1. The van der Waals surface area contributed by atoms with Crippen LogP contribution in [0.15, 0.2) is 33.6 Å². The van der Waals surface area contributed by atoms with Gasteiger partial charge in [0.05, 0.1) is 18.1 Å². The second-order valence-corrected chi connectivity index (χ2v) is 7.19. The molecule has 0 aliphatic carbocycles. The molecular formula is C15H19N3O4S. The molecule has 124 valence electrons. The lowest BCUT2D eigenvalue weighted by atomic mass is 10.2. The van der Waals surface area contributed by atoms with Crippen LogP contribution in [-0.4, -0.2) is 42.7 Å². The van der Waals surface area contributed by atoms with Crippen molar-refractivity contribution in [2.75, 3.05) is 19.8 Å². The van der Waals surface area contributed by atoms with Crippen LogP contribution in [0.4, 0.5) is 0 Å². The van der Waals surface area contributed by atoms with E-state index in [9.17, 15) is 8.42 Å². The van der Waals surface area contributed by atoms with E-state index >= 15 is 0 Å². The van der Waals surface area contributed by atoms with Gasteiger partial charge in [0.1, 0.15) is 6.04 Å². The first-order valence-electron chi connectivity index (χ1n) is 7.51. The van der Waals surface area contributed by atoms with Gasteiger partial charge in [-0.3, -0.25) is 0 Å². The molecular weight excluding hydrogens is 318 g/mol. The minimum absolute atomic E-state index is 0.204. The molecule has 0 amide bonds. The molecule has 0 unspecified atom stereocenters. The predicted octanol–water partition coefficient (Wildman–Crippen LogP) is 1.70. The molecule has 1 aliphatic heterocycles. The van der Waals surface area contributed by atoms with Crippen molar-refractivity contribution < 1.29 is 17.6 Å². The molecule has 7 nitrogen and oxygen atoms in total. The van der Waals surface area contributed by atoms with Crippen LogP contribution in [0.1, 0.15) is 30.3 Å². The molecule has 0 radical (unpaired) electrons. The van der Waals surface area contributed by atoms with Crippen molar-refractivity contribution in [1.29, 1.82) is 0 Å². The third kappa shape index (κ3) is 3.01. The molecule has 0 N–H and O–H groups in total. The predicted molar refractivity (Wildman–Crippen MR) is 82.3 cm³/mol. The number of sulfonamides is 1. The number of hydrogen-bond acceptors (Lipinski definition) is 6. The first kappa shape index (κ1) is 16.1. The zero-order valence-corrected chi connectivity index (χ0v) is 13.9. The third-order valence-corrected chi connectivity index (χ3v) is 5.85. The van der Waals surface area contributed by atoms with Crippen LogP contribution >= 0.6 is 0 Å². The van der Waals surface area contributed by atoms with Gasteiger partial charge in [-0.2, -0.15) is 4.31 Å². The van der Waals surface area contributed by atoms with Gasteiger partial charge in [-0.25, -0.2) is 8.42 Å². The summed E-state index contributed by atoms with van der Waals surface area (Å²) in [5, 5.41) is 7.76. The Morgan fingerprint density at radius 1 is 1.30 bits per heavy atom. The molecule has 1 aromatic carbocycles. The fourth-order valence-corrected chi connectivity index (χ4v) is 4.54. The first-order valence-corrected chi connectivity index (χ1v) is 8.95. The number of benzene rings is 1. The standard InChI is InChI=1S/C15H19N3O4S/c1-3-12-6-4-5-7-14(12)23(19,20)18-8-9-21-10-13(18)15-17-16-11(2)22-15/h4-7,13H,3,8-10H2,1-2H3/t13-/m0/s1. The highest BCUT2D eigenvalue weighted by atomic mass is 32.2. The van der Waals surface area contributed by atoms with Crippen molar-refractivity contribution in [2.24, 2.45) is 0 Å². The lowest BCUT2D eigenvalue weighted by Crippen LogP contribution is -2.43. The molecule has 1 saturated heterocycles. The van der Waals surface area contributed by atoms with Crippen molar-refractivity contribution in [2.45, 2.75) is 31.2 Å². The smallest absolute Gasteiger partial charge is 0.244 e. The van der Waals surface area contributed by atoms with E-state index in [1.807, 2.05) is 19.1 Å². The van der Waals surface area contributed by atoms with E-state index in [0.29, 0.717) is 23.8 Å². The Balaban J connectivity index is 2.02. The van der Waals surface area contributed by atoms with Crippen molar-refractivity contribution >= 4 is 10.0 Å². The van der Waals surface area contributed by atoms with Crippen molar-refractivity contribution in [3.63, 3.8) is 0 Å². The Morgan fingerprint density at radius 3 is 2.78 bits per heavy atom. The van der Waals surface area contributed by atoms with E-state index in [4.69, 9.17) is 9.15 Å². The van der Waals surface area contributed by atoms with Crippen molar-refractivity contribution in [1.82, 2.24) is 14.5 Å². The van der Waals surface area contributed by atoms with E-state index in [2.05, 4.69) is 10.2 Å². The minimum Gasteiger partial charge on any atom is -0.424 e. The van der Waals surface area contributed by atoms with E-state index in [-0.39, 0.29) is 19.0 Å². The SMILES string of the molecule is CCc1ccccc1S(=O)(=O)N1CCOC[C@H]1c1nnc(C)o1. The number of aryl methyl sites for hydroxylation is 2. The molecule has 3 rings (SSSR count). The van der Waals surface area contributed by atoms with Crippen LogP contribution in [0.3, 0.4) is 0 Å². The van der Waals surface area contributed by atoms with Gasteiger partial charge in [0.2, 0.25) is 21.8 Å².